The molecule has 0 aliphatic carbocycles. The molecule has 7 nitrogen and oxygen atoms in total. The Labute approximate surface area is 213 Å². The van der Waals surface area contributed by atoms with Gasteiger partial charge in [-0.15, -0.1) is 0 Å². The van der Waals surface area contributed by atoms with Crippen LogP contribution in [0.4, 0.5) is 5.69 Å². The van der Waals surface area contributed by atoms with Crippen LogP contribution in [0.5, 0.6) is 5.75 Å². The van der Waals surface area contributed by atoms with Crippen molar-refractivity contribution in [2.75, 3.05) is 19.0 Å². The molecule has 2 heterocycles. The Hall–Kier alpha value is -3.36. The van der Waals surface area contributed by atoms with Gasteiger partial charge in [0.25, 0.3) is 5.91 Å². The number of methoxy groups -OCH3 is 1. The first-order valence-corrected chi connectivity index (χ1v) is 12.3. The highest BCUT2D eigenvalue weighted by Crippen LogP contribution is 2.35. The molecule has 2 N–H and O–H groups in total. The standard InChI is InChI=1S/C26H26ClN3O4S/c1-5-34-25(32)17-6-9-20(10-7-17)30-15(2)12-18(16(30)3)13-23-24(31)29-26(35-23)28-21-14-19(27)8-11-22(21)33-4/h6-14,26,28H,5H2,1-4H3,(H,29,31)/b23-13-. The van der Waals surface area contributed by atoms with E-state index in [-0.39, 0.29) is 17.4 Å². The molecule has 1 aliphatic heterocycles. The topological polar surface area (TPSA) is 81.6 Å². The van der Waals surface area contributed by atoms with Crippen LogP contribution in [0.1, 0.15) is 34.2 Å². The van der Waals surface area contributed by atoms with E-state index in [1.807, 2.05) is 38.1 Å². The molecule has 2 aromatic carbocycles. The van der Waals surface area contributed by atoms with E-state index < -0.39 is 0 Å². The molecular weight excluding hydrogens is 486 g/mol. The number of halogens is 1. The van der Waals surface area contributed by atoms with Crippen LogP contribution < -0.4 is 15.4 Å². The van der Waals surface area contributed by atoms with E-state index in [0.29, 0.717) is 33.5 Å². The van der Waals surface area contributed by atoms with Gasteiger partial charge in [0.05, 0.1) is 29.9 Å². The summed E-state index contributed by atoms with van der Waals surface area (Å²) in [5.41, 5.74) is 4.71. The summed E-state index contributed by atoms with van der Waals surface area (Å²) in [7, 11) is 1.58. The third kappa shape index (κ3) is 5.33. The zero-order valence-electron chi connectivity index (χ0n) is 19.8. The number of aryl methyl sites for hydroxylation is 1. The highest BCUT2D eigenvalue weighted by atomic mass is 35.5. The summed E-state index contributed by atoms with van der Waals surface area (Å²) in [6, 6.07) is 14.6. The number of anilines is 1. The van der Waals surface area contributed by atoms with Gasteiger partial charge < -0.3 is 24.7 Å². The van der Waals surface area contributed by atoms with Crippen molar-refractivity contribution in [1.29, 1.82) is 0 Å². The van der Waals surface area contributed by atoms with Crippen LogP contribution in [0.25, 0.3) is 11.8 Å². The largest absolute Gasteiger partial charge is 0.495 e. The molecule has 1 saturated heterocycles. The van der Waals surface area contributed by atoms with Crippen LogP contribution in [0, 0.1) is 13.8 Å². The predicted octanol–water partition coefficient (Wildman–Crippen LogP) is 5.53. The molecule has 0 radical (unpaired) electrons. The molecule has 4 rings (SSSR count). The number of thioether (sulfide) groups is 1. The highest BCUT2D eigenvalue weighted by Gasteiger charge is 2.28. The van der Waals surface area contributed by atoms with Crippen molar-refractivity contribution in [3.8, 4) is 11.4 Å². The molecule has 1 atom stereocenters. The third-order valence-corrected chi connectivity index (χ3v) is 6.84. The van der Waals surface area contributed by atoms with E-state index in [2.05, 4.69) is 15.2 Å². The van der Waals surface area contributed by atoms with Crippen molar-refractivity contribution in [3.05, 3.63) is 81.0 Å². The lowest BCUT2D eigenvalue weighted by Gasteiger charge is -2.15. The van der Waals surface area contributed by atoms with Gasteiger partial charge in [-0.1, -0.05) is 23.4 Å². The average Bonchev–Trinajstić information content (AvgIpc) is 3.31. The van der Waals surface area contributed by atoms with Crippen molar-refractivity contribution in [1.82, 2.24) is 9.88 Å². The number of hydrogen-bond acceptors (Lipinski definition) is 6. The number of amides is 1. The summed E-state index contributed by atoms with van der Waals surface area (Å²) >= 11 is 7.51. The lowest BCUT2D eigenvalue weighted by Crippen LogP contribution is -2.31. The molecule has 1 unspecified atom stereocenters. The summed E-state index contributed by atoms with van der Waals surface area (Å²) < 4.78 is 12.5. The Morgan fingerprint density at radius 2 is 1.94 bits per heavy atom. The van der Waals surface area contributed by atoms with Gasteiger partial charge in [0.1, 0.15) is 5.75 Å². The number of hydrogen-bond donors (Lipinski definition) is 2. The molecule has 1 amide bonds. The fourth-order valence-corrected chi connectivity index (χ4v) is 5.07. The maximum atomic E-state index is 12.7. The summed E-state index contributed by atoms with van der Waals surface area (Å²) in [6.07, 6.45) is 1.89. The molecule has 0 bridgehead atoms. The van der Waals surface area contributed by atoms with Gasteiger partial charge in [0, 0.05) is 22.1 Å². The van der Waals surface area contributed by atoms with Gasteiger partial charge in [-0.3, -0.25) is 4.79 Å². The number of nitrogens with zero attached hydrogens (tertiary/aromatic N) is 1. The van der Waals surface area contributed by atoms with Gasteiger partial charge in [-0.25, -0.2) is 4.79 Å². The Kier molecular flexibility index (Phi) is 7.42. The molecule has 9 heteroatoms. The van der Waals surface area contributed by atoms with E-state index >= 15 is 0 Å². The second kappa shape index (κ2) is 10.5. The van der Waals surface area contributed by atoms with Gasteiger partial charge in [0.2, 0.25) is 0 Å². The number of carbonyl (C=O) groups excluding carboxylic acids is 2. The lowest BCUT2D eigenvalue weighted by atomic mass is 10.2. The Balaban J connectivity index is 1.55. The van der Waals surface area contributed by atoms with Crippen LogP contribution in [-0.4, -0.2) is 35.7 Å². The Morgan fingerprint density at radius 1 is 1.20 bits per heavy atom. The number of carbonyl (C=O) groups is 2. The minimum Gasteiger partial charge on any atom is -0.495 e. The summed E-state index contributed by atoms with van der Waals surface area (Å²) in [5.74, 6) is 0.143. The SMILES string of the molecule is CCOC(=O)c1ccc(-n2c(C)cc(/C=C3\SC(Nc4cc(Cl)ccc4OC)NC3=O)c2C)cc1. The van der Waals surface area contributed by atoms with E-state index in [1.54, 1.807) is 44.4 Å². The van der Waals surface area contributed by atoms with E-state index in [9.17, 15) is 9.59 Å². The van der Waals surface area contributed by atoms with Crippen LogP contribution in [0.15, 0.2) is 53.4 Å². The molecule has 0 saturated carbocycles. The first-order chi connectivity index (χ1) is 16.8. The second-order valence-corrected chi connectivity index (χ2v) is 9.48. The van der Waals surface area contributed by atoms with Crippen molar-refractivity contribution in [3.63, 3.8) is 0 Å². The fraction of sp³-hybridized carbons (Fsp3) is 0.231. The summed E-state index contributed by atoms with van der Waals surface area (Å²) in [6.45, 7) is 6.13. The first kappa shape index (κ1) is 24.8. The normalized spacial score (nSPS) is 16.3. The average molecular weight is 512 g/mol. The van der Waals surface area contributed by atoms with Gasteiger partial charge in [-0.2, -0.15) is 0 Å². The minimum atomic E-state index is -0.361. The lowest BCUT2D eigenvalue weighted by molar-refractivity contribution is -0.116. The van der Waals surface area contributed by atoms with Gasteiger partial charge in [-0.05, 0) is 80.9 Å². The number of aromatic nitrogens is 1. The smallest absolute Gasteiger partial charge is 0.338 e. The van der Waals surface area contributed by atoms with Crippen LogP contribution >= 0.6 is 23.4 Å². The number of benzene rings is 2. The van der Waals surface area contributed by atoms with Gasteiger partial charge in [0.15, 0.2) is 5.50 Å². The van der Waals surface area contributed by atoms with Crippen LogP contribution in [0.2, 0.25) is 5.02 Å². The second-order valence-electron chi connectivity index (χ2n) is 7.90. The zero-order chi connectivity index (χ0) is 25.1. The zero-order valence-corrected chi connectivity index (χ0v) is 21.4. The molecule has 35 heavy (non-hydrogen) atoms. The van der Waals surface area contributed by atoms with E-state index in [1.165, 1.54) is 11.8 Å². The third-order valence-electron chi connectivity index (χ3n) is 5.57. The first-order valence-electron chi connectivity index (χ1n) is 11.1. The number of rotatable bonds is 7. The molecule has 0 spiro atoms. The van der Waals surface area contributed by atoms with Crippen LogP contribution in [-0.2, 0) is 9.53 Å². The van der Waals surface area contributed by atoms with Crippen molar-refractivity contribution < 1.29 is 19.1 Å². The number of esters is 1. The minimum absolute atomic E-state index is 0.155. The molecular formula is C26H26ClN3O4S. The maximum absolute atomic E-state index is 12.7. The summed E-state index contributed by atoms with van der Waals surface area (Å²) in [4.78, 5) is 25.2. The van der Waals surface area contributed by atoms with Gasteiger partial charge >= 0.3 is 5.97 Å². The maximum Gasteiger partial charge on any atom is 0.338 e. The highest BCUT2D eigenvalue weighted by molar-refractivity contribution is 8.05. The van der Waals surface area contributed by atoms with Crippen molar-refractivity contribution >= 4 is 47.0 Å². The molecule has 3 aromatic rings. The van der Waals surface area contributed by atoms with E-state index in [0.717, 1.165) is 22.6 Å². The number of nitrogens with one attached hydrogen (secondary N) is 2. The molecule has 1 aromatic heterocycles. The quantitative estimate of drug-likeness (QED) is 0.320. The Morgan fingerprint density at radius 3 is 2.63 bits per heavy atom. The van der Waals surface area contributed by atoms with Crippen LogP contribution in [0.3, 0.4) is 0 Å². The number of ether oxygens (including phenoxy) is 2. The Bertz CT molecular complexity index is 1300. The predicted molar refractivity (Wildman–Crippen MR) is 140 cm³/mol. The molecule has 182 valence electrons. The monoisotopic (exact) mass is 511 g/mol. The fourth-order valence-electron chi connectivity index (χ4n) is 3.93. The van der Waals surface area contributed by atoms with Crippen molar-refractivity contribution in [2.24, 2.45) is 0 Å². The molecule has 1 fully saturated rings. The van der Waals surface area contributed by atoms with Crippen molar-refractivity contribution in [2.45, 2.75) is 26.3 Å². The summed E-state index contributed by atoms with van der Waals surface area (Å²) in [5, 5.41) is 6.77. The van der Waals surface area contributed by atoms with E-state index in [4.69, 9.17) is 21.1 Å². The molecule has 1 aliphatic rings.